The number of hydrogen-bond donors (Lipinski definition) is 2. The second-order valence-corrected chi connectivity index (χ2v) is 5.39. The van der Waals surface area contributed by atoms with Gasteiger partial charge in [0.2, 0.25) is 5.91 Å². The van der Waals surface area contributed by atoms with Crippen LogP contribution in [0.15, 0.2) is 66.9 Å². The van der Waals surface area contributed by atoms with Crippen LogP contribution in [-0.4, -0.2) is 10.9 Å². The monoisotopic (exact) mass is 339 g/mol. The third kappa shape index (κ3) is 4.60. The van der Waals surface area contributed by atoms with Gasteiger partial charge in [-0.3, -0.25) is 4.79 Å². The topological polar surface area (TPSA) is 54.0 Å². The molecule has 6 heteroatoms. The molecule has 0 aliphatic rings. The van der Waals surface area contributed by atoms with Crippen molar-refractivity contribution in [1.82, 2.24) is 4.98 Å². The lowest BCUT2D eigenvalue weighted by Crippen LogP contribution is -2.14. The van der Waals surface area contributed by atoms with Crippen molar-refractivity contribution in [3.63, 3.8) is 0 Å². The van der Waals surface area contributed by atoms with Crippen molar-refractivity contribution < 1.29 is 13.6 Å². The van der Waals surface area contributed by atoms with E-state index < -0.39 is 11.6 Å². The molecular formula is C19H15F2N3O. The maximum atomic E-state index is 13.6. The summed E-state index contributed by atoms with van der Waals surface area (Å²) in [6.07, 6.45) is 1.73. The number of carbonyl (C=O) groups is 1. The van der Waals surface area contributed by atoms with E-state index in [1.165, 1.54) is 12.3 Å². The van der Waals surface area contributed by atoms with E-state index in [0.29, 0.717) is 11.5 Å². The fourth-order valence-corrected chi connectivity index (χ4v) is 2.26. The third-order valence-electron chi connectivity index (χ3n) is 3.45. The van der Waals surface area contributed by atoms with Crippen LogP contribution in [0.3, 0.4) is 0 Å². The smallest absolute Gasteiger partial charge is 0.228 e. The second-order valence-electron chi connectivity index (χ2n) is 5.39. The van der Waals surface area contributed by atoms with Gasteiger partial charge in [0.25, 0.3) is 0 Å². The summed E-state index contributed by atoms with van der Waals surface area (Å²) in [5.74, 6) is -1.13. The van der Waals surface area contributed by atoms with Gasteiger partial charge in [0.1, 0.15) is 17.5 Å². The standard InChI is InChI=1S/C19H15F2N3O/c20-14-6-8-17(16(21)11-14)24-18-9-7-15(12-22-18)23-19(25)10-13-4-2-1-3-5-13/h1-9,11-12H,10H2,(H,22,24)(H,23,25). The van der Waals surface area contributed by atoms with Crippen molar-refractivity contribution in [3.05, 3.63) is 84.1 Å². The summed E-state index contributed by atoms with van der Waals surface area (Å²) in [7, 11) is 0. The van der Waals surface area contributed by atoms with E-state index in [0.717, 1.165) is 17.7 Å². The second kappa shape index (κ2) is 7.53. The van der Waals surface area contributed by atoms with Crippen molar-refractivity contribution in [2.75, 3.05) is 10.6 Å². The molecule has 1 amide bonds. The summed E-state index contributed by atoms with van der Waals surface area (Å²) >= 11 is 0. The van der Waals surface area contributed by atoms with Crippen LogP contribution >= 0.6 is 0 Å². The lowest BCUT2D eigenvalue weighted by Gasteiger charge is -2.09. The van der Waals surface area contributed by atoms with Gasteiger partial charge in [-0.25, -0.2) is 13.8 Å². The summed E-state index contributed by atoms with van der Waals surface area (Å²) < 4.78 is 26.5. The van der Waals surface area contributed by atoms with E-state index in [-0.39, 0.29) is 18.0 Å². The summed E-state index contributed by atoms with van der Waals surface area (Å²) in [6.45, 7) is 0. The lowest BCUT2D eigenvalue weighted by molar-refractivity contribution is -0.115. The molecular weight excluding hydrogens is 324 g/mol. The van der Waals surface area contributed by atoms with E-state index in [1.54, 1.807) is 12.1 Å². The quantitative estimate of drug-likeness (QED) is 0.729. The maximum Gasteiger partial charge on any atom is 0.228 e. The molecule has 2 aromatic carbocycles. The minimum atomic E-state index is -0.706. The molecule has 25 heavy (non-hydrogen) atoms. The highest BCUT2D eigenvalue weighted by molar-refractivity contribution is 5.92. The first-order valence-corrected chi connectivity index (χ1v) is 7.62. The maximum absolute atomic E-state index is 13.6. The van der Waals surface area contributed by atoms with Crippen LogP contribution in [0.25, 0.3) is 0 Å². The van der Waals surface area contributed by atoms with Gasteiger partial charge >= 0.3 is 0 Å². The third-order valence-corrected chi connectivity index (χ3v) is 3.45. The molecule has 1 aromatic heterocycles. The summed E-state index contributed by atoms with van der Waals surface area (Å²) in [5.41, 5.74) is 1.57. The van der Waals surface area contributed by atoms with E-state index in [4.69, 9.17) is 0 Å². The minimum Gasteiger partial charge on any atom is -0.338 e. The van der Waals surface area contributed by atoms with Crippen LogP contribution in [-0.2, 0) is 11.2 Å². The molecule has 3 aromatic rings. The Hall–Kier alpha value is -3.28. The molecule has 0 aliphatic carbocycles. The largest absolute Gasteiger partial charge is 0.338 e. The molecule has 0 atom stereocenters. The number of benzene rings is 2. The molecule has 0 spiro atoms. The van der Waals surface area contributed by atoms with Crippen LogP contribution in [0.5, 0.6) is 0 Å². The number of aromatic nitrogens is 1. The molecule has 0 saturated heterocycles. The average molecular weight is 339 g/mol. The van der Waals surface area contributed by atoms with Crippen molar-refractivity contribution in [3.8, 4) is 0 Å². The van der Waals surface area contributed by atoms with Gasteiger partial charge in [-0.05, 0) is 29.8 Å². The number of pyridine rings is 1. The Balaban J connectivity index is 1.61. The number of hydrogen-bond acceptors (Lipinski definition) is 3. The Morgan fingerprint density at radius 3 is 2.48 bits per heavy atom. The predicted octanol–water partition coefficient (Wildman–Crippen LogP) is 4.28. The van der Waals surface area contributed by atoms with Gasteiger partial charge in [-0.15, -0.1) is 0 Å². The number of amides is 1. The number of anilines is 3. The molecule has 3 rings (SSSR count). The van der Waals surface area contributed by atoms with Gasteiger partial charge in [0.05, 0.1) is 24.0 Å². The number of nitrogens with one attached hydrogen (secondary N) is 2. The highest BCUT2D eigenvalue weighted by Gasteiger charge is 2.06. The van der Waals surface area contributed by atoms with E-state index >= 15 is 0 Å². The molecule has 0 bridgehead atoms. The lowest BCUT2D eigenvalue weighted by atomic mass is 10.1. The van der Waals surface area contributed by atoms with Crippen LogP contribution in [0, 0.1) is 11.6 Å². The molecule has 0 saturated carbocycles. The van der Waals surface area contributed by atoms with Crippen LogP contribution in [0.2, 0.25) is 0 Å². The molecule has 2 N–H and O–H groups in total. The zero-order chi connectivity index (χ0) is 17.6. The van der Waals surface area contributed by atoms with Crippen molar-refractivity contribution in [2.45, 2.75) is 6.42 Å². The van der Waals surface area contributed by atoms with Gasteiger partial charge < -0.3 is 10.6 Å². The molecule has 126 valence electrons. The van der Waals surface area contributed by atoms with Crippen molar-refractivity contribution in [2.24, 2.45) is 0 Å². The first-order valence-electron chi connectivity index (χ1n) is 7.62. The SMILES string of the molecule is O=C(Cc1ccccc1)Nc1ccc(Nc2ccc(F)cc2F)nc1. The van der Waals surface area contributed by atoms with Crippen LogP contribution in [0.1, 0.15) is 5.56 Å². The Bertz CT molecular complexity index is 868. The molecule has 1 heterocycles. The Kier molecular flexibility index (Phi) is 4.99. The van der Waals surface area contributed by atoms with Crippen molar-refractivity contribution in [1.29, 1.82) is 0 Å². The Labute approximate surface area is 143 Å². The highest BCUT2D eigenvalue weighted by Crippen LogP contribution is 2.20. The number of rotatable bonds is 5. The van der Waals surface area contributed by atoms with Crippen LogP contribution < -0.4 is 10.6 Å². The first kappa shape index (κ1) is 16.6. The average Bonchev–Trinajstić information content (AvgIpc) is 2.60. The molecule has 4 nitrogen and oxygen atoms in total. The number of carbonyl (C=O) groups excluding carboxylic acids is 1. The molecule has 0 unspecified atom stereocenters. The minimum absolute atomic E-state index is 0.120. The molecule has 0 radical (unpaired) electrons. The van der Waals surface area contributed by atoms with Gasteiger partial charge in [0, 0.05) is 6.07 Å². The fraction of sp³-hybridized carbons (Fsp3) is 0.0526. The normalized spacial score (nSPS) is 10.3. The summed E-state index contributed by atoms with van der Waals surface area (Å²) in [4.78, 5) is 16.1. The highest BCUT2D eigenvalue weighted by atomic mass is 19.1. The molecule has 0 aliphatic heterocycles. The van der Waals surface area contributed by atoms with E-state index in [9.17, 15) is 13.6 Å². The van der Waals surface area contributed by atoms with Crippen LogP contribution in [0.4, 0.5) is 26.0 Å². The van der Waals surface area contributed by atoms with Gasteiger partial charge in [0.15, 0.2) is 0 Å². The summed E-state index contributed by atoms with van der Waals surface area (Å²) in [5, 5.41) is 5.50. The van der Waals surface area contributed by atoms with Gasteiger partial charge in [-0.2, -0.15) is 0 Å². The Morgan fingerprint density at radius 1 is 1.00 bits per heavy atom. The van der Waals surface area contributed by atoms with E-state index in [2.05, 4.69) is 15.6 Å². The zero-order valence-corrected chi connectivity index (χ0v) is 13.2. The first-order chi connectivity index (χ1) is 12.1. The Morgan fingerprint density at radius 2 is 1.80 bits per heavy atom. The zero-order valence-electron chi connectivity index (χ0n) is 13.2. The van der Waals surface area contributed by atoms with Crippen molar-refractivity contribution >= 4 is 23.1 Å². The van der Waals surface area contributed by atoms with E-state index in [1.807, 2.05) is 30.3 Å². The number of halogens is 2. The fourth-order valence-electron chi connectivity index (χ4n) is 2.26. The number of nitrogens with zero attached hydrogens (tertiary/aromatic N) is 1. The molecule has 0 fully saturated rings. The van der Waals surface area contributed by atoms with Gasteiger partial charge in [-0.1, -0.05) is 30.3 Å². The predicted molar refractivity (Wildman–Crippen MR) is 92.7 cm³/mol. The summed E-state index contributed by atoms with van der Waals surface area (Å²) in [6, 6.07) is 15.9.